The number of rotatable bonds is 5. The Kier molecular flexibility index (Phi) is 3.78. The van der Waals surface area contributed by atoms with E-state index in [0.717, 1.165) is 5.01 Å². The third-order valence-corrected chi connectivity index (χ3v) is 3.00. The lowest BCUT2D eigenvalue weighted by molar-refractivity contribution is 0.0696. The minimum Gasteiger partial charge on any atom is -0.493 e. The molecule has 0 saturated carbocycles. The van der Waals surface area contributed by atoms with Gasteiger partial charge in [0.2, 0.25) is 0 Å². The fourth-order valence-electron chi connectivity index (χ4n) is 1.38. The zero-order valence-electron chi connectivity index (χ0n) is 9.62. The first kappa shape index (κ1) is 12.4. The molecule has 18 heavy (non-hydrogen) atoms. The summed E-state index contributed by atoms with van der Waals surface area (Å²) in [5, 5.41) is 11.6. The Hall–Kier alpha value is -2.08. The quantitative estimate of drug-likeness (QED) is 0.899. The Balaban J connectivity index is 2.14. The molecule has 0 aliphatic heterocycles. The van der Waals surface area contributed by atoms with Crippen molar-refractivity contribution >= 4 is 17.3 Å². The highest BCUT2D eigenvalue weighted by Gasteiger charge is 2.10. The van der Waals surface area contributed by atoms with Crippen LogP contribution in [0, 0.1) is 0 Å². The zero-order valence-corrected chi connectivity index (χ0v) is 10.4. The second kappa shape index (κ2) is 5.50. The van der Waals surface area contributed by atoms with Crippen molar-refractivity contribution in [1.29, 1.82) is 0 Å². The summed E-state index contributed by atoms with van der Waals surface area (Å²) in [7, 11) is 1.47. The highest BCUT2D eigenvalue weighted by Crippen LogP contribution is 2.28. The molecule has 0 fully saturated rings. The predicted octanol–water partition coefficient (Wildman–Crippen LogP) is 2.43. The molecule has 6 heteroatoms. The maximum atomic E-state index is 10.8. The highest BCUT2D eigenvalue weighted by molar-refractivity contribution is 7.09. The Labute approximate surface area is 108 Å². The fourth-order valence-corrected chi connectivity index (χ4v) is 1.91. The molecule has 1 heterocycles. The summed E-state index contributed by atoms with van der Waals surface area (Å²) in [6.45, 7) is 0.334. The van der Waals surface area contributed by atoms with Crippen LogP contribution in [-0.2, 0) is 6.61 Å². The number of thiazole rings is 1. The van der Waals surface area contributed by atoms with Crippen LogP contribution in [0.2, 0.25) is 0 Å². The predicted molar refractivity (Wildman–Crippen MR) is 66.4 cm³/mol. The van der Waals surface area contributed by atoms with E-state index in [2.05, 4.69) is 4.98 Å². The molecule has 2 rings (SSSR count). The van der Waals surface area contributed by atoms with Crippen LogP contribution in [0.3, 0.4) is 0 Å². The number of aromatic nitrogens is 1. The van der Waals surface area contributed by atoms with E-state index in [1.54, 1.807) is 12.3 Å². The Morgan fingerprint density at radius 1 is 1.44 bits per heavy atom. The van der Waals surface area contributed by atoms with E-state index in [9.17, 15) is 4.79 Å². The van der Waals surface area contributed by atoms with Crippen molar-refractivity contribution in [3.63, 3.8) is 0 Å². The molecule has 2 aromatic rings. The monoisotopic (exact) mass is 265 g/mol. The lowest BCUT2D eigenvalue weighted by Gasteiger charge is -2.10. The van der Waals surface area contributed by atoms with Crippen LogP contribution in [0.15, 0.2) is 29.8 Å². The van der Waals surface area contributed by atoms with E-state index in [0.29, 0.717) is 18.1 Å². The number of methoxy groups -OCH3 is 1. The maximum absolute atomic E-state index is 10.8. The maximum Gasteiger partial charge on any atom is 0.335 e. The van der Waals surface area contributed by atoms with Gasteiger partial charge in [0.25, 0.3) is 0 Å². The number of carboxylic acid groups (broad SMARTS) is 1. The van der Waals surface area contributed by atoms with Gasteiger partial charge in [0.05, 0.1) is 12.7 Å². The van der Waals surface area contributed by atoms with Gasteiger partial charge in [-0.25, -0.2) is 9.78 Å². The number of ether oxygens (including phenoxy) is 2. The Bertz CT molecular complexity index is 539. The van der Waals surface area contributed by atoms with Gasteiger partial charge in [0.1, 0.15) is 11.6 Å². The first-order valence-corrected chi connectivity index (χ1v) is 6.01. The molecule has 0 aliphatic carbocycles. The van der Waals surface area contributed by atoms with Gasteiger partial charge in [0.15, 0.2) is 11.5 Å². The van der Waals surface area contributed by atoms with Crippen molar-refractivity contribution in [2.24, 2.45) is 0 Å². The molecule has 1 N–H and O–H groups in total. The molecule has 94 valence electrons. The van der Waals surface area contributed by atoms with Crippen molar-refractivity contribution < 1.29 is 19.4 Å². The minimum atomic E-state index is -1.00. The number of hydrogen-bond donors (Lipinski definition) is 1. The number of aromatic carboxylic acids is 1. The third-order valence-electron chi connectivity index (χ3n) is 2.25. The molecular formula is C12H11NO4S. The van der Waals surface area contributed by atoms with Gasteiger partial charge in [-0.2, -0.15) is 0 Å². The van der Waals surface area contributed by atoms with E-state index in [4.69, 9.17) is 14.6 Å². The minimum absolute atomic E-state index is 0.161. The van der Waals surface area contributed by atoms with Crippen molar-refractivity contribution in [1.82, 2.24) is 4.98 Å². The van der Waals surface area contributed by atoms with Gasteiger partial charge in [-0.15, -0.1) is 11.3 Å². The van der Waals surface area contributed by atoms with Crippen LogP contribution in [-0.4, -0.2) is 23.2 Å². The summed E-state index contributed by atoms with van der Waals surface area (Å²) in [6.07, 6.45) is 1.70. The van der Waals surface area contributed by atoms with Gasteiger partial charge in [-0.05, 0) is 18.2 Å². The van der Waals surface area contributed by atoms with Gasteiger partial charge in [-0.1, -0.05) is 0 Å². The van der Waals surface area contributed by atoms with Crippen LogP contribution in [0.4, 0.5) is 0 Å². The second-order valence-electron chi connectivity index (χ2n) is 3.39. The van der Waals surface area contributed by atoms with Crippen LogP contribution in [0.1, 0.15) is 15.4 Å². The van der Waals surface area contributed by atoms with E-state index in [1.807, 2.05) is 5.38 Å². The number of benzene rings is 1. The topological polar surface area (TPSA) is 68.7 Å². The second-order valence-corrected chi connectivity index (χ2v) is 4.36. The van der Waals surface area contributed by atoms with E-state index in [-0.39, 0.29) is 5.56 Å². The van der Waals surface area contributed by atoms with Crippen molar-refractivity contribution in [2.45, 2.75) is 6.61 Å². The SMILES string of the molecule is COc1cc(C(=O)O)ccc1OCc1nccs1. The molecule has 1 aromatic carbocycles. The van der Waals surface area contributed by atoms with Crippen LogP contribution in [0.25, 0.3) is 0 Å². The zero-order chi connectivity index (χ0) is 13.0. The fraction of sp³-hybridized carbons (Fsp3) is 0.167. The highest BCUT2D eigenvalue weighted by atomic mass is 32.1. The van der Waals surface area contributed by atoms with Crippen LogP contribution >= 0.6 is 11.3 Å². The van der Waals surface area contributed by atoms with Crippen LogP contribution in [0.5, 0.6) is 11.5 Å². The van der Waals surface area contributed by atoms with E-state index < -0.39 is 5.97 Å². The number of hydrogen-bond acceptors (Lipinski definition) is 5. The Morgan fingerprint density at radius 3 is 2.89 bits per heavy atom. The molecule has 0 unspecified atom stereocenters. The molecule has 0 amide bonds. The van der Waals surface area contributed by atoms with Crippen molar-refractivity contribution in [2.75, 3.05) is 7.11 Å². The van der Waals surface area contributed by atoms with Gasteiger partial charge >= 0.3 is 5.97 Å². The standard InChI is InChI=1S/C12H11NO4S/c1-16-10-6-8(12(14)15)2-3-9(10)17-7-11-13-4-5-18-11/h2-6H,7H2,1H3,(H,14,15). The number of carbonyl (C=O) groups is 1. The molecule has 0 spiro atoms. The molecule has 0 atom stereocenters. The number of carboxylic acids is 1. The summed E-state index contributed by atoms with van der Waals surface area (Å²) >= 11 is 1.49. The van der Waals surface area contributed by atoms with Gasteiger partial charge in [-0.3, -0.25) is 0 Å². The summed E-state index contributed by atoms with van der Waals surface area (Å²) < 4.78 is 10.6. The largest absolute Gasteiger partial charge is 0.493 e. The summed E-state index contributed by atoms with van der Waals surface area (Å²) in [4.78, 5) is 14.9. The molecule has 0 radical (unpaired) electrons. The molecule has 0 aliphatic rings. The average Bonchev–Trinajstić information content (AvgIpc) is 2.89. The normalized spacial score (nSPS) is 10.1. The summed E-state index contributed by atoms with van der Waals surface area (Å²) in [6, 6.07) is 4.48. The average molecular weight is 265 g/mol. The number of nitrogens with zero attached hydrogens (tertiary/aromatic N) is 1. The third kappa shape index (κ3) is 2.78. The first-order chi connectivity index (χ1) is 8.70. The van der Waals surface area contributed by atoms with Crippen molar-refractivity contribution in [3.8, 4) is 11.5 Å². The summed E-state index contributed by atoms with van der Waals surface area (Å²) in [5.41, 5.74) is 0.161. The van der Waals surface area contributed by atoms with E-state index >= 15 is 0 Å². The molecule has 1 aromatic heterocycles. The smallest absolute Gasteiger partial charge is 0.335 e. The Morgan fingerprint density at radius 2 is 2.28 bits per heavy atom. The lowest BCUT2D eigenvalue weighted by atomic mass is 10.2. The van der Waals surface area contributed by atoms with E-state index in [1.165, 1.54) is 30.6 Å². The lowest BCUT2D eigenvalue weighted by Crippen LogP contribution is -2.00. The molecule has 0 saturated heterocycles. The molecular weight excluding hydrogens is 254 g/mol. The van der Waals surface area contributed by atoms with Crippen LogP contribution < -0.4 is 9.47 Å². The van der Waals surface area contributed by atoms with Crippen molar-refractivity contribution in [3.05, 3.63) is 40.3 Å². The molecule has 0 bridgehead atoms. The molecule has 5 nitrogen and oxygen atoms in total. The summed E-state index contributed by atoms with van der Waals surface area (Å²) in [5.74, 6) is -0.107. The van der Waals surface area contributed by atoms with Gasteiger partial charge < -0.3 is 14.6 Å². The first-order valence-electron chi connectivity index (χ1n) is 5.13. The van der Waals surface area contributed by atoms with Gasteiger partial charge in [0, 0.05) is 11.6 Å².